The molecule has 2 aliphatic heterocycles. The molecule has 4 rings (SSSR count). The summed E-state index contributed by atoms with van der Waals surface area (Å²) >= 11 is 1.67. The van der Waals surface area contributed by atoms with Gasteiger partial charge in [0.05, 0.1) is 18.0 Å². The zero-order valence-electron chi connectivity index (χ0n) is 13.5. The molecular weight excluding hydrogens is 312 g/mol. The van der Waals surface area contributed by atoms with Gasteiger partial charge in [0, 0.05) is 24.9 Å². The van der Waals surface area contributed by atoms with Gasteiger partial charge in [-0.3, -0.25) is 4.79 Å². The number of hydrogen-bond acceptors (Lipinski definition) is 4. The van der Waals surface area contributed by atoms with Crippen molar-refractivity contribution in [3.63, 3.8) is 0 Å². The lowest BCUT2D eigenvalue weighted by atomic mass is 10.0. The van der Waals surface area contributed by atoms with Gasteiger partial charge in [0.25, 0.3) is 5.91 Å². The van der Waals surface area contributed by atoms with E-state index in [0.717, 1.165) is 24.1 Å². The number of hydrogen-bond donors (Lipinski definition) is 0. The minimum atomic E-state index is -0.490. The minimum Gasteiger partial charge on any atom is -0.439 e. The van der Waals surface area contributed by atoms with Crippen LogP contribution in [0.3, 0.4) is 0 Å². The molecule has 124 valence electrons. The standard InChI is InChI=1S/C17H22N2O3S/c1-18-10-17(22-16(18)21)7-8-19(11-17)15(20)14-9-12-5-3-2-4-6-13(12)23-14/h9H,2-8,10-11H2,1H3. The van der Waals surface area contributed by atoms with Crippen LogP contribution in [0.1, 0.15) is 45.8 Å². The van der Waals surface area contributed by atoms with Crippen LogP contribution in [0.25, 0.3) is 0 Å². The summed E-state index contributed by atoms with van der Waals surface area (Å²) in [6, 6.07) is 2.10. The Balaban J connectivity index is 1.49. The molecular formula is C17H22N2O3S. The van der Waals surface area contributed by atoms with Crippen molar-refractivity contribution < 1.29 is 14.3 Å². The van der Waals surface area contributed by atoms with Gasteiger partial charge in [0.1, 0.15) is 0 Å². The number of fused-ring (bicyclic) bond motifs is 1. The summed E-state index contributed by atoms with van der Waals surface area (Å²) in [5.74, 6) is 0.102. The zero-order chi connectivity index (χ0) is 16.0. The quantitative estimate of drug-likeness (QED) is 0.742. The summed E-state index contributed by atoms with van der Waals surface area (Å²) in [5.41, 5.74) is 0.882. The van der Waals surface area contributed by atoms with Gasteiger partial charge in [-0.15, -0.1) is 11.3 Å². The highest BCUT2D eigenvalue weighted by Crippen LogP contribution is 2.34. The van der Waals surface area contributed by atoms with Crippen LogP contribution >= 0.6 is 11.3 Å². The normalized spacial score (nSPS) is 27.3. The molecule has 5 nitrogen and oxygen atoms in total. The Morgan fingerprint density at radius 2 is 2.09 bits per heavy atom. The Bertz CT molecular complexity index is 633. The van der Waals surface area contributed by atoms with Gasteiger partial charge in [-0.05, 0) is 37.3 Å². The summed E-state index contributed by atoms with van der Waals surface area (Å²) in [5, 5.41) is 0. The van der Waals surface area contributed by atoms with Crippen LogP contribution in [0.4, 0.5) is 4.79 Å². The third-order valence-corrected chi connectivity index (χ3v) is 6.43. The van der Waals surface area contributed by atoms with E-state index < -0.39 is 5.60 Å². The van der Waals surface area contributed by atoms with E-state index >= 15 is 0 Å². The van der Waals surface area contributed by atoms with Crippen LogP contribution in [0, 0.1) is 0 Å². The Hall–Kier alpha value is -1.56. The topological polar surface area (TPSA) is 49.9 Å². The van der Waals surface area contributed by atoms with Crippen molar-refractivity contribution in [2.75, 3.05) is 26.7 Å². The number of carbonyl (C=O) groups excluding carboxylic acids is 2. The zero-order valence-corrected chi connectivity index (χ0v) is 14.3. The summed E-state index contributed by atoms with van der Waals surface area (Å²) in [4.78, 5) is 30.2. The summed E-state index contributed by atoms with van der Waals surface area (Å²) < 4.78 is 5.53. The molecule has 6 heteroatoms. The Kier molecular flexibility index (Phi) is 3.59. The largest absolute Gasteiger partial charge is 0.439 e. The Labute approximate surface area is 140 Å². The maximum atomic E-state index is 12.8. The number of carbonyl (C=O) groups is 2. The van der Waals surface area contributed by atoms with Crippen LogP contribution < -0.4 is 0 Å². The Morgan fingerprint density at radius 3 is 2.87 bits per heavy atom. The third kappa shape index (κ3) is 2.63. The molecule has 1 unspecified atom stereocenters. The second-order valence-corrected chi connectivity index (χ2v) is 8.14. The van der Waals surface area contributed by atoms with Crippen molar-refractivity contribution in [1.29, 1.82) is 0 Å². The second kappa shape index (κ2) is 5.51. The predicted molar refractivity (Wildman–Crippen MR) is 87.9 cm³/mol. The van der Waals surface area contributed by atoms with E-state index in [4.69, 9.17) is 4.74 Å². The van der Waals surface area contributed by atoms with E-state index in [0.29, 0.717) is 19.6 Å². The number of likely N-dealkylation sites (tertiary alicyclic amines) is 1. The first kappa shape index (κ1) is 15.0. The molecule has 2 amide bonds. The van der Waals surface area contributed by atoms with Gasteiger partial charge in [0.15, 0.2) is 5.60 Å². The molecule has 2 fully saturated rings. The number of aryl methyl sites for hydroxylation is 2. The first-order valence-electron chi connectivity index (χ1n) is 8.41. The van der Waals surface area contributed by atoms with Gasteiger partial charge in [0.2, 0.25) is 0 Å². The van der Waals surface area contributed by atoms with Crippen LogP contribution in [-0.4, -0.2) is 54.1 Å². The van der Waals surface area contributed by atoms with Gasteiger partial charge >= 0.3 is 6.09 Å². The predicted octanol–water partition coefficient (Wildman–Crippen LogP) is 2.68. The van der Waals surface area contributed by atoms with E-state index in [9.17, 15) is 9.59 Å². The molecule has 0 saturated carbocycles. The molecule has 1 aromatic heterocycles. The highest BCUT2D eigenvalue weighted by Gasteiger charge is 2.49. The van der Waals surface area contributed by atoms with E-state index in [1.807, 2.05) is 4.90 Å². The number of amides is 2. The molecule has 0 aromatic carbocycles. The fourth-order valence-corrected chi connectivity index (χ4v) is 5.17. The van der Waals surface area contributed by atoms with E-state index in [1.54, 1.807) is 23.3 Å². The molecule has 1 spiro atoms. The molecule has 1 aliphatic carbocycles. The lowest BCUT2D eigenvalue weighted by Crippen LogP contribution is -2.38. The highest BCUT2D eigenvalue weighted by atomic mass is 32.1. The second-order valence-electron chi connectivity index (χ2n) is 7.00. The summed E-state index contributed by atoms with van der Waals surface area (Å²) in [6.45, 7) is 1.77. The number of thiophene rings is 1. The van der Waals surface area contributed by atoms with Gasteiger partial charge in [-0.1, -0.05) is 6.42 Å². The summed E-state index contributed by atoms with van der Waals surface area (Å²) in [6.07, 6.45) is 6.42. The Morgan fingerprint density at radius 1 is 1.26 bits per heavy atom. The fourth-order valence-electron chi connectivity index (χ4n) is 3.95. The maximum absolute atomic E-state index is 12.8. The molecule has 3 heterocycles. The smallest absolute Gasteiger partial charge is 0.410 e. The maximum Gasteiger partial charge on any atom is 0.410 e. The molecule has 1 atom stereocenters. The van der Waals surface area contributed by atoms with Crippen molar-refractivity contribution in [2.24, 2.45) is 0 Å². The SMILES string of the molecule is CN1CC2(CCN(C(=O)c3cc4c(s3)CCCCC4)C2)OC1=O. The van der Waals surface area contributed by atoms with Crippen LogP contribution in [0.15, 0.2) is 6.07 Å². The fraction of sp³-hybridized carbons (Fsp3) is 0.647. The van der Waals surface area contributed by atoms with Gasteiger partial charge in [-0.2, -0.15) is 0 Å². The first-order valence-corrected chi connectivity index (χ1v) is 9.23. The molecule has 0 radical (unpaired) electrons. The molecule has 1 aromatic rings. The lowest BCUT2D eigenvalue weighted by Gasteiger charge is -2.21. The van der Waals surface area contributed by atoms with E-state index in [2.05, 4.69) is 6.07 Å². The van der Waals surface area contributed by atoms with E-state index in [-0.39, 0.29) is 12.0 Å². The van der Waals surface area contributed by atoms with Crippen molar-refractivity contribution in [3.8, 4) is 0 Å². The molecule has 2 saturated heterocycles. The minimum absolute atomic E-state index is 0.102. The van der Waals surface area contributed by atoms with E-state index in [1.165, 1.54) is 29.7 Å². The number of likely N-dealkylation sites (N-methyl/N-ethyl adjacent to an activating group) is 1. The van der Waals surface area contributed by atoms with Crippen LogP contribution in [0.5, 0.6) is 0 Å². The highest BCUT2D eigenvalue weighted by molar-refractivity contribution is 7.14. The van der Waals surface area contributed by atoms with Crippen LogP contribution in [-0.2, 0) is 17.6 Å². The monoisotopic (exact) mass is 334 g/mol. The van der Waals surface area contributed by atoms with Crippen molar-refractivity contribution in [2.45, 2.75) is 44.1 Å². The van der Waals surface area contributed by atoms with Gasteiger partial charge in [-0.25, -0.2) is 4.79 Å². The third-order valence-electron chi connectivity index (χ3n) is 5.20. The van der Waals surface area contributed by atoms with Crippen molar-refractivity contribution in [3.05, 3.63) is 21.4 Å². The van der Waals surface area contributed by atoms with Gasteiger partial charge < -0.3 is 14.5 Å². The molecule has 0 N–H and O–H groups in total. The van der Waals surface area contributed by atoms with Crippen LogP contribution in [0.2, 0.25) is 0 Å². The number of ether oxygens (including phenoxy) is 1. The first-order chi connectivity index (χ1) is 11.1. The average Bonchev–Trinajstić information content (AvgIpc) is 3.14. The molecule has 3 aliphatic rings. The summed E-state index contributed by atoms with van der Waals surface area (Å²) in [7, 11) is 1.75. The van der Waals surface area contributed by atoms with Crippen molar-refractivity contribution in [1.82, 2.24) is 9.80 Å². The number of rotatable bonds is 1. The molecule has 23 heavy (non-hydrogen) atoms. The number of nitrogens with zero attached hydrogens (tertiary/aromatic N) is 2. The lowest BCUT2D eigenvalue weighted by molar-refractivity contribution is 0.0555. The average molecular weight is 334 g/mol. The molecule has 0 bridgehead atoms. The van der Waals surface area contributed by atoms with Crippen molar-refractivity contribution >= 4 is 23.3 Å².